The average molecular weight is 250 g/mol. The molecule has 0 atom stereocenters. The van der Waals surface area contributed by atoms with Crippen LogP contribution in [0.3, 0.4) is 0 Å². The quantitative estimate of drug-likeness (QED) is 0.584. The van der Waals surface area contributed by atoms with Crippen LogP contribution >= 0.6 is 0 Å². The van der Waals surface area contributed by atoms with Crippen LogP contribution in [0.2, 0.25) is 0 Å². The molecule has 98 valence electrons. The van der Waals surface area contributed by atoms with Crippen LogP contribution in [0.5, 0.6) is 0 Å². The smallest absolute Gasteiger partial charge is 0.148 e. The van der Waals surface area contributed by atoms with Gasteiger partial charge in [0.25, 0.3) is 0 Å². The molecule has 0 amide bonds. The molecule has 2 N–H and O–H groups in total. The van der Waals surface area contributed by atoms with Crippen LogP contribution in [0.4, 0.5) is 0 Å². The minimum absolute atomic E-state index is 0.261. The number of unbranched alkanes of at least 4 members (excludes halogenated alkanes) is 4. The second-order valence-electron chi connectivity index (χ2n) is 4.49. The Bertz CT molecular complexity index is 253. The fourth-order valence-corrected chi connectivity index (χ4v) is 2.13. The van der Waals surface area contributed by atoms with Gasteiger partial charge in [-0.15, -0.1) is 0 Å². The first-order valence-electron chi connectivity index (χ1n) is 6.02. The van der Waals surface area contributed by atoms with Crippen LogP contribution in [0.25, 0.3) is 0 Å². The molecule has 5 heteroatoms. The summed E-state index contributed by atoms with van der Waals surface area (Å²) in [6.07, 6.45) is 7.20. The predicted octanol–water partition coefficient (Wildman–Crippen LogP) is 0.872. The highest BCUT2D eigenvalue weighted by molar-refractivity contribution is 7.90. The van der Waals surface area contributed by atoms with Crippen molar-refractivity contribution in [2.75, 3.05) is 38.7 Å². The third-order valence-electron chi connectivity index (χ3n) is 2.59. The highest BCUT2D eigenvalue weighted by Crippen LogP contribution is 2.03. The van der Waals surface area contributed by atoms with Gasteiger partial charge in [0.05, 0.1) is 5.75 Å². The summed E-state index contributed by atoms with van der Waals surface area (Å²) in [4.78, 5) is 2.09. The number of rotatable bonds is 10. The van der Waals surface area contributed by atoms with Gasteiger partial charge in [-0.1, -0.05) is 19.3 Å². The summed E-state index contributed by atoms with van der Waals surface area (Å²) in [5, 5.41) is 0. The molecule has 0 saturated heterocycles. The van der Waals surface area contributed by atoms with E-state index >= 15 is 0 Å². The number of hydrogen-bond acceptors (Lipinski definition) is 4. The normalized spacial score (nSPS) is 12.2. The lowest BCUT2D eigenvalue weighted by Crippen LogP contribution is -2.26. The van der Waals surface area contributed by atoms with Crippen LogP contribution in [0.15, 0.2) is 0 Å². The highest BCUT2D eigenvalue weighted by Gasteiger charge is 2.04. The van der Waals surface area contributed by atoms with Crippen molar-refractivity contribution in [2.45, 2.75) is 32.1 Å². The zero-order chi connectivity index (χ0) is 12.4. The molecule has 0 rings (SSSR count). The minimum atomic E-state index is -2.82. The van der Waals surface area contributed by atoms with E-state index < -0.39 is 9.84 Å². The summed E-state index contributed by atoms with van der Waals surface area (Å²) in [7, 11) is -0.840. The van der Waals surface area contributed by atoms with E-state index in [1.54, 1.807) is 0 Å². The van der Waals surface area contributed by atoms with E-state index in [0.717, 1.165) is 25.9 Å². The minimum Gasteiger partial charge on any atom is -0.330 e. The SMILES string of the molecule is CN(CCCCCCCN)CCS(C)(=O)=O. The van der Waals surface area contributed by atoms with E-state index in [0.29, 0.717) is 6.54 Å². The fourth-order valence-electron chi connectivity index (χ4n) is 1.49. The van der Waals surface area contributed by atoms with Crippen molar-refractivity contribution in [3.63, 3.8) is 0 Å². The van der Waals surface area contributed by atoms with E-state index in [1.807, 2.05) is 7.05 Å². The van der Waals surface area contributed by atoms with Crippen molar-refractivity contribution in [1.82, 2.24) is 4.90 Å². The topological polar surface area (TPSA) is 63.4 Å². The monoisotopic (exact) mass is 250 g/mol. The van der Waals surface area contributed by atoms with Gasteiger partial charge in [-0.3, -0.25) is 0 Å². The summed E-state index contributed by atoms with van der Waals surface area (Å²) in [6.45, 7) is 2.41. The molecular formula is C11H26N2O2S. The lowest BCUT2D eigenvalue weighted by Gasteiger charge is -2.15. The van der Waals surface area contributed by atoms with Crippen LogP contribution in [-0.4, -0.2) is 52.0 Å². The number of sulfone groups is 1. The van der Waals surface area contributed by atoms with Crippen molar-refractivity contribution in [3.8, 4) is 0 Å². The Morgan fingerprint density at radius 1 is 1.00 bits per heavy atom. The fraction of sp³-hybridized carbons (Fsp3) is 1.00. The molecule has 0 aliphatic carbocycles. The van der Waals surface area contributed by atoms with E-state index in [2.05, 4.69) is 4.90 Å². The van der Waals surface area contributed by atoms with E-state index in [-0.39, 0.29) is 5.75 Å². The van der Waals surface area contributed by atoms with Gasteiger partial charge >= 0.3 is 0 Å². The van der Waals surface area contributed by atoms with Crippen molar-refractivity contribution in [1.29, 1.82) is 0 Å². The Morgan fingerprint density at radius 2 is 1.56 bits per heavy atom. The maximum absolute atomic E-state index is 10.9. The Kier molecular flexibility index (Phi) is 8.89. The lowest BCUT2D eigenvalue weighted by molar-refractivity contribution is 0.341. The summed E-state index contributed by atoms with van der Waals surface area (Å²) in [5.41, 5.74) is 5.41. The molecule has 0 bridgehead atoms. The molecule has 0 aromatic heterocycles. The van der Waals surface area contributed by atoms with E-state index in [1.165, 1.54) is 25.5 Å². The van der Waals surface area contributed by atoms with Gasteiger partial charge in [0.2, 0.25) is 0 Å². The molecule has 0 spiro atoms. The van der Waals surface area contributed by atoms with Crippen LogP contribution in [0, 0.1) is 0 Å². The Hall–Kier alpha value is -0.130. The van der Waals surface area contributed by atoms with E-state index in [9.17, 15) is 8.42 Å². The number of hydrogen-bond donors (Lipinski definition) is 1. The Morgan fingerprint density at radius 3 is 2.12 bits per heavy atom. The van der Waals surface area contributed by atoms with Crippen molar-refractivity contribution in [2.24, 2.45) is 5.73 Å². The Balaban J connectivity index is 3.34. The second kappa shape index (κ2) is 8.96. The first-order chi connectivity index (χ1) is 7.45. The molecule has 0 heterocycles. The first kappa shape index (κ1) is 15.9. The third kappa shape index (κ3) is 11.9. The van der Waals surface area contributed by atoms with Crippen LogP contribution in [-0.2, 0) is 9.84 Å². The highest BCUT2D eigenvalue weighted by atomic mass is 32.2. The van der Waals surface area contributed by atoms with Crippen LogP contribution in [0.1, 0.15) is 32.1 Å². The van der Waals surface area contributed by atoms with Crippen molar-refractivity contribution in [3.05, 3.63) is 0 Å². The van der Waals surface area contributed by atoms with Crippen molar-refractivity contribution < 1.29 is 8.42 Å². The maximum Gasteiger partial charge on any atom is 0.148 e. The molecule has 0 aromatic carbocycles. The predicted molar refractivity (Wildman–Crippen MR) is 69.3 cm³/mol. The molecular weight excluding hydrogens is 224 g/mol. The van der Waals surface area contributed by atoms with Crippen molar-refractivity contribution >= 4 is 9.84 Å². The second-order valence-corrected chi connectivity index (χ2v) is 6.75. The van der Waals surface area contributed by atoms with E-state index in [4.69, 9.17) is 5.73 Å². The number of nitrogens with two attached hydrogens (primary N) is 1. The first-order valence-corrected chi connectivity index (χ1v) is 8.08. The molecule has 0 unspecified atom stereocenters. The van der Waals surface area contributed by atoms with Gasteiger partial charge in [0.15, 0.2) is 0 Å². The zero-order valence-corrected chi connectivity index (χ0v) is 11.4. The molecule has 16 heavy (non-hydrogen) atoms. The largest absolute Gasteiger partial charge is 0.330 e. The molecule has 0 aromatic rings. The summed E-state index contributed by atoms with van der Waals surface area (Å²) >= 11 is 0. The molecule has 0 radical (unpaired) electrons. The van der Waals surface area contributed by atoms with Gasteiger partial charge in [0.1, 0.15) is 9.84 Å². The molecule has 0 saturated carbocycles. The standard InChI is InChI=1S/C11H26N2O2S/c1-13(10-11-16(2,14)15)9-7-5-3-4-6-8-12/h3-12H2,1-2H3. The molecule has 0 fully saturated rings. The van der Waals surface area contributed by atoms with Gasteiger partial charge in [-0.25, -0.2) is 8.42 Å². The van der Waals surface area contributed by atoms with Crippen LogP contribution < -0.4 is 5.73 Å². The molecule has 0 aliphatic rings. The van der Waals surface area contributed by atoms with Gasteiger partial charge in [-0.2, -0.15) is 0 Å². The molecule has 0 aliphatic heterocycles. The average Bonchev–Trinajstić information content (AvgIpc) is 2.19. The summed E-state index contributed by atoms with van der Waals surface area (Å²) < 4.78 is 21.9. The lowest BCUT2D eigenvalue weighted by atomic mass is 10.1. The summed E-state index contributed by atoms with van der Waals surface area (Å²) in [5.74, 6) is 0.261. The third-order valence-corrected chi connectivity index (χ3v) is 3.51. The maximum atomic E-state index is 10.9. The van der Waals surface area contributed by atoms with Gasteiger partial charge < -0.3 is 10.6 Å². The van der Waals surface area contributed by atoms with Gasteiger partial charge in [0, 0.05) is 12.8 Å². The zero-order valence-electron chi connectivity index (χ0n) is 10.6. The number of nitrogens with zero attached hydrogens (tertiary/aromatic N) is 1. The molecule has 4 nitrogen and oxygen atoms in total. The Labute approximate surface area is 100 Å². The van der Waals surface area contributed by atoms with Gasteiger partial charge in [-0.05, 0) is 33.0 Å². The summed E-state index contributed by atoms with van der Waals surface area (Å²) in [6, 6.07) is 0.